The fourth-order valence-corrected chi connectivity index (χ4v) is 1.75. The number of nitrogen functional groups attached to an aromatic ring is 1. The molecule has 6 heteroatoms. The van der Waals surface area contributed by atoms with Crippen molar-refractivity contribution in [1.82, 2.24) is 10.6 Å². The Bertz CT molecular complexity index is 526. The number of amides is 2. The summed E-state index contributed by atoms with van der Waals surface area (Å²) in [6, 6.07) is 4.45. The van der Waals surface area contributed by atoms with Crippen LogP contribution in [0.5, 0.6) is 5.75 Å². The van der Waals surface area contributed by atoms with Crippen molar-refractivity contribution in [1.29, 1.82) is 0 Å². The van der Waals surface area contributed by atoms with E-state index in [1.165, 1.54) is 7.11 Å². The number of hydrogen-bond acceptors (Lipinski definition) is 4. The summed E-state index contributed by atoms with van der Waals surface area (Å²) in [5.74, 6) is -0.0576. The maximum absolute atomic E-state index is 12.1. The lowest BCUT2D eigenvalue weighted by molar-refractivity contribution is -0.122. The number of methoxy groups -OCH3 is 1. The fourth-order valence-electron chi connectivity index (χ4n) is 1.75. The van der Waals surface area contributed by atoms with E-state index in [1.807, 2.05) is 0 Å². The first-order valence-electron chi connectivity index (χ1n) is 6.56. The van der Waals surface area contributed by atoms with Gasteiger partial charge in [0.05, 0.1) is 12.8 Å². The van der Waals surface area contributed by atoms with Crippen LogP contribution in [0.4, 0.5) is 5.69 Å². The van der Waals surface area contributed by atoms with Gasteiger partial charge in [-0.1, -0.05) is 0 Å². The quantitative estimate of drug-likeness (QED) is 0.690. The van der Waals surface area contributed by atoms with Crippen molar-refractivity contribution in [2.24, 2.45) is 0 Å². The van der Waals surface area contributed by atoms with Crippen molar-refractivity contribution in [2.45, 2.75) is 31.8 Å². The van der Waals surface area contributed by atoms with Gasteiger partial charge in [-0.3, -0.25) is 9.59 Å². The molecule has 1 aromatic carbocycles. The Hall–Kier alpha value is -2.24. The number of ether oxygens (including phenoxy) is 1. The number of carbonyl (C=O) groups is 2. The van der Waals surface area contributed by atoms with Gasteiger partial charge in [-0.05, 0) is 38.0 Å². The van der Waals surface area contributed by atoms with Crippen molar-refractivity contribution in [2.75, 3.05) is 12.8 Å². The van der Waals surface area contributed by atoms with E-state index in [4.69, 9.17) is 10.5 Å². The van der Waals surface area contributed by atoms with Crippen LogP contribution in [0.2, 0.25) is 0 Å². The first kappa shape index (κ1) is 14.2. The second-order valence-electron chi connectivity index (χ2n) is 4.93. The average molecular weight is 277 g/mol. The molecule has 4 N–H and O–H groups in total. The smallest absolute Gasteiger partial charge is 0.252 e. The Morgan fingerprint density at radius 3 is 2.70 bits per heavy atom. The van der Waals surface area contributed by atoms with Crippen LogP contribution in [-0.2, 0) is 4.79 Å². The second-order valence-corrected chi connectivity index (χ2v) is 4.93. The molecule has 20 heavy (non-hydrogen) atoms. The van der Waals surface area contributed by atoms with Gasteiger partial charge in [-0.2, -0.15) is 0 Å². The summed E-state index contributed by atoms with van der Waals surface area (Å²) in [7, 11) is 1.49. The predicted octanol–water partition coefficient (Wildman–Crippen LogP) is 0.674. The number of benzene rings is 1. The number of rotatable bonds is 5. The second kappa shape index (κ2) is 5.81. The lowest BCUT2D eigenvalue weighted by Crippen LogP contribution is -2.45. The molecule has 0 radical (unpaired) electrons. The summed E-state index contributed by atoms with van der Waals surface area (Å²) >= 11 is 0. The summed E-state index contributed by atoms with van der Waals surface area (Å²) in [5, 5.41) is 5.50. The van der Waals surface area contributed by atoms with E-state index in [9.17, 15) is 9.59 Å². The normalized spacial score (nSPS) is 15.3. The van der Waals surface area contributed by atoms with Crippen molar-refractivity contribution in [3.05, 3.63) is 23.8 Å². The minimum atomic E-state index is -0.577. The van der Waals surface area contributed by atoms with Gasteiger partial charge in [0.1, 0.15) is 11.8 Å². The first-order chi connectivity index (χ1) is 9.51. The summed E-state index contributed by atoms with van der Waals surface area (Å²) in [6.45, 7) is 1.66. The molecule has 2 rings (SSSR count). The van der Waals surface area contributed by atoms with Crippen molar-refractivity contribution in [3.8, 4) is 5.75 Å². The number of nitrogens with one attached hydrogen (secondary N) is 2. The van der Waals surface area contributed by atoms with Gasteiger partial charge in [-0.25, -0.2) is 0 Å². The van der Waals surface area contributed by atoms with E-state index >= 15 is 0 Å². The molecule has 1 saturated carbocycles. The Labute approximate surface area is 117 Å². The monoisotopic (exact) mass is 277 g/mol. The molecule has 0 saturated heterocycles. The molecule has 0 bridgehead atoms. The topological polar surface area (TPSA) is 93.4 Å². The van der Waals surface area contributed by atoms with E-state index in [1.54, 1.807) is 25.1 Å². The molecule has 2 amide bonds. The van der Waals surface area contributed by atoms with E-state index in [0.717, 1.165) is 12.8 Å². The minimum absolute atomic E-state index is 0.164. The molecule has 1 aliphatic carbocycles. The molecule has 1 aliphatic rings. The highest BCUT2D eigenvalue weighted by molar-refractivity contribution is 5.98. The van der Waals surface area contributed by atoms with Crippen LogP contribution in [0.25, 0.3) is 0 Å². The summed E-state index contributed by atoms with van der Waals surface area (Å²) in [5.41, 5.74) is 6.56. The highest BCUT2D eigenvalue weighted by Crippen LogP contribution is 2.22. The molecule has 0 aliphatic heterocycles. The number of hydrogen-bond donors (Lipinski definition) is 3. The Kier molecular flexibility index (Phi) is 4.12. The van der Waals surface area contributed by atoms with E-state index in [2.05, 4.69) is 10.6 Å². The third-order valence-corrected chi connectivity index (χ3v) is 3.16. The molecule has 1 fully saturated rings. The molecule has 0 spiro atoms. The van der Waals surface area contributed by atoms with Crippen LogP contribution in [0.1, 0.15) is 30.1 Å². The lowest BCUT2D eigenvalue weighted by atomic mass is 10.1. The fraction of sp³-hybridized carbons (Fsp3) is 0.429. The van der Waals surface area contributed by atoms with Gasteiger partial charge < -0.3 is 21.1 Å². The van der Waals surface area contributed by atoms with Gasteiger partial charge in [-0.15, -0.1) is 0 Å². The van der Waals surface area contributed by atoms with E-state index < -0.39 is 6.04 Å². The molecular formula is C14H19N3O3. The van der Waals surface area contributed by atoms with E-state index in [-0.39, 0.29) is 17.9 Å². The molecule has 108 valence electrons. The maximum Gasteiger partial charge on any atom is 0.252 e. The van der Waals surface area contributed by atoms with E-state index in [0.29, 0.717) is 17.0 Å². The highest BCUT2D eigenvalue weighted by Gasteiger charge is 2.26. The Balaban J connectivity index is 1.98. The van der Waals surface area contributed by atoms with Crippen LogP contribution in [0.15, 0.2) is 18.2 Å². The third kappa shape index (κ3) is 3.40. The molecule has 1 aromatic rings. The van der Waals surface area contributed by atoms with Crippen molar-refractivity contribution in [3.63, 3.8) is 0 Å². The van der Waals surface area contributed by atoms with Crippen LogP contribution in [0.3, 0.4) is 0 Å². The SMILES string of the molecule is COc1cc(C(=O)NC(C)C(=O)NC2CC2)ccc1N. The number of carbonyl (C=O) groups excluding carboxylic acids is 2. The molecule has 0 aromatic heterocycles. The first-order valence-corrected chi connectivity index (χ1v) is 6.56. The highest BCUT2D eigenvalue weighted by atomic mass is 16.5. The van der Waals surface area contributed by atoms with Crippen molar-refractivity contribution >= 4 is 17.5 Å². The van der Waals surface area contributed by atoms with Crippen LogP contribution < -0.4 is 21.1 Å². The van der Waals surface area contributed by atoms with Gasteiger partial charge >= 0.3 is 0 Å². The Morgan fingerprint density at radius 1 is 1.40 bits per heavy atom. The predicted molar refractivity (Wildman–Crippen MR) is 75.5 cm³/mol. The third-order valence-electron chi connectivity index (χ3n) is 3.16. The summed E-state index contributed by atoms with van der Waals surface area (Å²) in [6.07, 6.45) is 2.03. The zero-order chi connectivity index (χ0) is 14.7. The Morgan fingerprint density at radius 2 is 2.10 bits per heavy atom. The van der Waals surface area contributed by atoms with Crippen LogP contribution in [-0.4, -0.2) is 31.0 Å². The zero-order valence-corrected chi connectivity index (χ0v) is 11.6. The largest absolute Gasteiger partial charge is 0.495 e. The van der Waals surface area contributed by atoms with Gasteiger partial charge in [0, 0.05) is 11.6 Å². The van der Waals surface area contributed by atoms with Crippen LogP contribution >= 0.6 is 0 Å². The van der Waals surface area contributed by atoms with Crippen molar-refractivity contribution < 1.29 is 14.3 Å². The van der Waals surface area contributed by atoms with Gasteiger partial charge in [0.2, 0.25) is 5.91 Å². The molecule has 0 heterocycles. The zero-order valence-electron chi connectivity index (χ0n) is 11.6. The molecule has 1 unspecified atom stereocenters. The van der Waals surface area contributed by atoms with Crippen LogP contribution in [0, 0.1) is 0 Å². The molecule has 6 nitrogen and oxygen atoms in total. The maximum atomic E-state index is 12.1. The van der Waals surface area contributed by atoms with Gasteiger partial charge in [0.25, 0.3) is 5.91 Å². The molecule has 1 atom stereocenters. The van der Waals surface area contributed by atoms with Gasteiger partial charge in [0.15, 0.2) is 0 Å². The number of anilines is 1. The average Bonchev–Trinajstić information content (AvgIpc) is 3.22. The minimum Gasteiger partial charge on any atom is -0.495 e. The lowest BCUT2D eigenvalue weighted by Gasteiger charge is -2.14. The summed E-state index contributed by atoms with van der Waals surface area (Å²) < 4.78 is 5.06. The number of nitrogens with two attached hydrogens (primary N) is 1. The molecular weight excluding hydrogens is 258 g/mol. The standard InChI is InChI=1S/C14H19N3O3/c1-8(13(18)17-10-4-5-10)16-14(19)9-3-6-11(15)12(7-9)20-2/h3,6-8,10H,4-5,15H2,1-2H3,(H,16,19)(H,17,18). The summed E-state index contributed by atoms with van der Waals surface area (Å²) in [4.78, 5) is 23.8.